The number of allylic oxidation sites excluding steroid dienone is 1. The number of hydrogen-bond acceptors (Lipinski definition) is 7. The first-order valence-electron chi connectivity index (χ1n) is 11.2. The molecule has 0 spiro atoms. The summed E-state index contributed by atoms with van der Waals surface area (Å²) in [6.07, 6.45) is 3.05. The minimum absolute atomic E-state index is 0. The highest BCUT2D eigenvalue weighted by Crippen LogP contribution is 2.35. The summed E-state index contributed by atoms with van der Waals surface area (Å²) < 4.78 is 24.2. The number of ketones is 1. The van der Waals surface area contributed by atoms with E-state index in [1.807, 2.05) is 18.2 Å². The molecular formula is C27H30FN5O4. The Morgan fingerprint density at radius 1 is 1.19 bits per heavy atom. The highest BCUT2D eigenvalue weighted by Gasteiger charge is 2.33. The van der Waals surface area contributed by atoms with Crippen LogP contribution in [-0.4, -0.2) is 49.2 Å². The highest BCUT2D eigenvalue weighted by molar-refractivity contribution is 6.05. The number of benzene rings is 2. The van der Waals surface area contributed by atoms with Gasteiger partial charge in [-0.25, -0.2) is 14.2 Å². The molecule has 10 heteroatoms. The van der Waals surface area contributed by atoms with E-state index in [1.165, 1.54) is 30.1 Å². The Morgan fingerprint density at radius 2 is 1.89 bits per heavy atom. The van der Waals surface area contributed by atoms with Crippen LogP contribution >= 0.6 is 0 Å². The largest absolute Gasteiger partial charge is 0.497 e. The van der Waals surface area contributed by atoms with Crippen LogP contribution < -0.4 is 24.6 Å². The Kier molecular flexibility index (Phi) is 8.78. The lowest BCUT2D eigenvalue weighted by Crippen LogP contribution is -2.48. The number of amides is 2. The van der Waals surface area contributed by atoms with Gasteiger partial charge in [0.1, 0.15) is 24.0 Å². The Hall–Kier alpha value is -4.47. The summed E-state index contributed by atoms with van der Waals surface area (Å²) in [5.74, 6) is 1.46. The lowest BCUT2D eigenvalue weighted by molar-refractivity contribution is -0.114. The number of methoxy groups -OCH3 is 2. The van der Waals surface area contributed by atoms with Crippen molar-refractivity contribution in [2.75, 3.05) is 42.6 Å². The summed E-state index contributed by atoms with van der Waals surface area (Å²) in [4.78, 5) is 37.0. The molecule has 0 saturated heterocycles. The van der Waals surface area contributed by atoms with Crippen molar-refractivity contribution < 1.29 is 23.5 Å². The monoisotopic (exact) mass is 507 g/mol. The molecule has 1 N–H and O–H groups in total. The van der Waals surface area contributed by atoms with Crippen molar-refractivity contribution in [1.29, 1.82) is 0 Å². The molecule has 1 aliphatic heterocycles. The molecule has 9 nitrogen and oxygen atoms in total. The Morgan fingerprint density at radius 3 is 2.54 bits per heavy atom. The van der Waals surface area contributed by atoms with Gasteiger partial charge in [-0.3, -0.25) is 14.6 Å². The number of aromatic nitrogens is 2. The first-order chi connectivity index (χ1) is 17.5. The van der Waals surface area contributed by atoms with E-state index in [0.717, 1.165) is 5.56 Å². The average molecular weight is 508 g/mol. The van der Waals surface area contributed by atoms with Crippen LogP contribution in [0, 0.1) is 0 Å². The fourth-order valence-corrected chi connectivity index (χ4v) is 3.89. The topological polar surface area (TPSA) is 96.9 Å². The summed E-state index contributed by atoms with van der Waals surface area (Å²) in [6.45, 7) is 2.77. The van der Waals surface area contributed by atoms with Crippen LogP contribution in [0.25, 0.3) is 0 Å². The van der Waals surface area contributed by atoms with E-state index in [1.54, 1.807) is 30.5 Å². The van der Waals surface area contributed by atoms with E-state index in [9.17, 15) is 14.0 Å². The SMILES string of the molecule is C.C=CC(=O)Cc1ccccc1Nc1ncc2c(n1)N(CCF)C(=O)N(c1cc(OC)cc(OC)c1)C2. The zero-order chi connectivity index (χ0) is 25.7. The number of anilines is 4. The molecule has 0 bridgehead atoms. The predicted octanol–water partition coefficient (Wildman–Crippen LogP) is 5.09. The van der Waals surface area contributed by atoms with Crippen LogP contribution in [-0.2, 0) is 17.8 Å². The maximum atomic E-state index is 13.5. The van der Waals surface area contributed by atoms with Crippen molar-refractivity contribution in [1.82, 2.24) is 9.97 Å². The van der Waals surface area contributed by atoms with Gasteiger partial charge in [-0.2, -0.15) is 4.98 Å². The third kappa shape index (κ3) is 5.85. The zero-order valence-electron chi connectivity index (χ0n) is 20.0. The van der Waals surface area contributed by atoms with Crippen LogP contribution in [0.15, 0.2) is 61.3 Å². The molecule has 0 aliphatic carbocycles. The molecule has 0 fully saturated rings. The Labute approximate surface area is 215 Å². The van der Waals surface area contributed by atoms with Crippen molar-refractivity contribution in [3.8, 4) is 11.5 Å². The summed E-state index contributed by atoms with van der Waals surface area (Å²) in [7, 11) is 3.05. The zero-order valence-corrected chi connectivity index (χ0v) is 20.0. The van der Waals surface area contributed by atoms with Gasteiger partial charge < -0.3 is 14.8 Å². The van der Waals surface area contributed by atoms with Crippen molar-refractivity contribution in [2.24, 2.45) is 0 Å². The first kappa shape index (κ1) is 27.1. The van der Waals surface area contributed by atoms with Gasteiger partial charge in [0.2, 0.25) is 5.95 Å². The van der Waals surface area contributed by atoms with Gasteiger partial charge in [-0.1, -0.05) is 32.2 Å². The molecule has 0 saturated carbocycles. The number of rotatable bonds is 10. The molecule has 2 aromatic carbocycles. The van der Waals surface area contributed by atoms with E-state index >= 15 is 0 Å². The number of ether oxygens (including phenoxy) is 2. The number of carbonyl (C=O) groups is 2. The van der Waals surface area contributed by atoms with Gasteiger partial charge in [-0.05, 0) is 17.7 Å². The Bertz CT molecular complexity index is 1280. The molecular weight excluding hydrogens is 477 g/mol. The number of carbonyl (C=O) groups excluding carboxylic acids is 2. The smallest absolute Gasteiger partial charge is 0.330 e. The van der Waals surface area contributed by atoms with Crippen LogP contribution in [0.2, 0.25) is 0 Å². The molecule has 1 aromatic heterocycles. The van der Waals surface area contributed by atoms with Crippen LogP contribution in [0.5, 0.6) is 11.5 Å². The van der Waals surface area contributed by atoms with E-state index in [0.29, 0.717) is 34.3 Å². The standard InChI is InChI=1S/C26H26FN5O4.CH4/c1-4-20(33)11-17-7-5-6-8-23(17)29-25-28-15-18-16-32(26(34)31(10-9-27)24(18)30-25)19-12-21(35-2)14-22(13-19)36-3;/h4-8,12-15H,1,9-11,16H2,2-3H3,(H,28,29,30);1H4. The number of nitrogens with zero attached hydrogens (tertiary/aromatic N) is 4. The second-order valence-electron chi connectivity index (χ2n) is 7.95. The maximum absolute atomic E-state index is 13.5. The maximum Gasteiger partial charge on any atom is 0.330 e. The second-order valence-corrected chi connectivity index (χ2v) is 7.95. The van der Waals surface area contributed by atoms with Gasteiger partial charge in [-0.15, -0.1) is 0 Å². The summed E-state index contributed by atoms with van der Waals surface area (Å²) in [5, 5.41) is 3.12. The second kappa shape index (κ2) is 12.0. The minimum atomic E-state index is -0.750. The van der Waals surface area contributed by atoms with Crippen LogP contribution in [0.1, 0.15) is 18.6 Å². The fourth-order valence-electron chi connectivity index (χ4n) is 3.89. The molecule has 2 heterocycles. The molecule has 2 amide bonds. The lowest BCUT2D eigenvalue weighted by atomic mass is 10.1. The van der Waals surface area contributed by atoms with Gasteiger partial charge in [0.05, 0.1) is 33.0 Å². The van der Waals surface area contributed by atoms with Crippen LogP contribution in [0.3, 0.4) is 0 Å². The molecule has 194 valence electrons. The first-order valence-corrected chi connectivity index (χ1v) is 11.2. The number of nitrogens with one attached hydrogen (secondary N) is 1. The minimum Gasteiger partial charge on any atom is -0.497 e. The third-order valence-corrected chi connectivity index (χ3v) is 5.70. The third-order valence-electron chi connectivity index (χ3n) is 5.70. The normalized spacial score (nSPS) is 12.4. The predicted molar refractivity (Wildman–Crippen MR) is 142 cm³/mol. The van der Waals surface area contributed by atoms with E-state index < -0.39 is 12.7 Å². The number of urea groups is 1. The molecule has 1 aliphatic rings. The lowest BCUT2D eigenvalue weighted by Gasteiger charge is -2.36. The van der Waals surface area contributed by atoms with Gasteiger partial charge in [0.25, 0.3) is 0 Å². The number of para-hydroxylation sites is 1. The van der Waals surface area contributed by atoms with Gasteiger partial charge >= 0.3 is 6.03 Å². The van der Waals surface area contributed by atoms with Crippen molar-refractivity contribution in [2.45, 2.75) is 20.4 Å². The fraction of sp³-hybridized carbons (Fsp3) is 0.259. The van der Waals surface area contributed by atoms with Crippen LogP contribution in [0.4, 0.5) is 32.3 Å². The molecule has 37 heavy (non-hydrogen) atoms. The van der Waals surface area contributed by atoms with E-state index in [4.69, 9.17) is 9.47 Å². The number of halogens is 1. The summed E-state index contributed by atoms with van der Waals surface area (Å²) >= 11 is 0. The van der Waals surface area contributed by atoms with Gasteiger partial charge in [0.15, 0.2) is 5.78 Å². The molecule has 4 rings (SSSR count). The number of fused-ring (bicyclic) bond motifs is 1. The van der Waals surface area contributed by atoms with Crippen molar-refractivity contribution >= 4 is 35.0 Å². The quantitative estimate of drug-likeness (QED) is 0.382. The highest BCUT2D eigenvalue weighted by atomic mass is 19.1. The average Bonchev–Trinajstić information content (AvgIpc) is 2.90. The number of alkyl halides is 1. The Balaban J connectivity index is 0.00000380. The van der Waals surface area contributed by atoms with Crippen molar-refractivity contribution in [3.05, 3.63) is 72.4 Å². The molecule has 3 aromatic rings. The summed E-state index contributed by atoms with van der Waals surface area (Å²) in [5.41, 5.74) is 2.58. The van der Waals surface area contributed by atoms with E-state index in [2.05, 4.69) is 21.9 Å². The summed E-state index contributed by atoms with van der Waals surface area (Å²) in [6, 6.07) is 12.0. The molecule has 0 atom stereocenters. The molecule has 0 unspecified atom stereocenters. The van der Waals surface area contributed by atoms with Gasteiger partial charge in [0, 0.05) is 42.1 Å². The molecule has 0 radical (unpaired) electrons. The van der Waals surface area contributed by atoms with E-state index in [-0.39, 0.29) is 38.7 Å². The van der Waals surface area contributed by atoms with Crippen molar-refractivity contribution in [3.63, 3.8) is 0 Å². The number of hydrogen-bond donors (Lipinski definition) is 1.